The molecule has 0 fully saturated rings. The van der Waals surface area contributed by atoms with E-state index in [1.54, 1.807) is 41.2 Å². The van der Waals surface area contributed by atoms with Crippen LogP contribution in [0.3, 0.4) is 0 Å². The highest BCUT2D eigenvalue weighted by Crippen LogP contribution is 2.11. The van der Waals surface area contributed by atoms with Gasteiger partial charge in [-0.2, -0.15) is 5.10 Å². The Hall–Kier alpha value is -3.13. The van der Waals surface area contributed by atoms with Crippen LogP contribution in [0.1, 0.15) is 27.2 Å². The van der Waals surface area contributed by atoms with E-state index in [-0.39, 0.29) is 5.56 Å². The second kappa shape index (κ2) is 5.10. The number of hydrogen-bond acceptors (Lipinski definition) is 3. The van der Waals surface area contributed by atoms with Crippen molar-refractivity contribution in [2.45, 2.75) is 6.92 Å². The molecule has 1 aromatic carbocycles. The molecule has 102 valence electrons. The molecule has 0 aliphatic rings. The zero-order valence-corrected chi connectivity index (χ0v) is 11.2. The molecule has 3 aromatic rings. The molecule has 0 spiro atoms. The minimum atomic E-state index is -0.963. The summed E-state index contributed by atoms with van der Waals surface area (Å²) in [5.41, 5.74) is 3.21. The molecule has 0 atom stereocenters. The van der Waals surface area contributed by atoms with Crippen LogP contribution in [0.25, 0.3) is 5.65 Å². The van der Waals surface area contributed by atoms with E-state index in [1.165, 1.54) is 0 Å². The molecular weight excluding hydrogens is 266 g/mol. The third kappa shape index (κ3) is 2.47. The molecule has 0 bridgehead atoms. The molecule has 3 rings (SSSR count). The maximum atomic E-state index is 11.0. The van der Waals surface area contributed by atoms with E-state index < -0.39 is 5.97 Å². The summed E-state index contributed by atoms with van der Waals surface area (Å²) in [4.78, 5) is 15.2. The average Bonchev–Trinajstić information content (AvgIpc) is 2.89. The summed E-state index contributed by atoms with van der Waals surface area (Å²) in [7, 11) is 0. The highest BCUT2D eigenvalue weighted by atomic mass is 16.4. The van der Waals surface area contributed by atoms with Crippen LogP contribution in [0.15, 0.2) is 42.7 Å². The number of carboxylic acid groups (broad SMARTS) is 1. The maximum Gasteiger partial charge on any atom is 0.335 e. The number of aryl methyl sites for hydroxylation is 1. The van der Waals surface area contributed by atoms with Gasteiger partial charge >= 0.3 is 5.97 Å². The lowest BCUT2D eigenvalue weighted by molar-refractivity contribution is 0.0697. The van der Waals surface area contributed by atoms with Gasteiger partial charge in [0.25, 0.3) is 0 Å². The third-order valence-corrected chi connectivity index (χ3v) is 3.09. The Labute approximate surface area is 120 Å². The number of carboxylic acids is 1. The SMILES string of the molecule is Cc1ccc(C(=O)O)cc1C#Cc1cnc2cccnn12. The zero-order valence-electron chi connectivity index (χ0n) is 11.2. The largest absolute Gasteiger partial charge is 0.478 e. The van der Waals surface area contributed by atoms with Gasteiger partial charge in [-0.05, 0) is 42.7 Å². The molecule has 5 nitrogen and oxygen atoms in total. The fraction of sp³-hybridized carbons (Fsp3) is 0.0625. The quantitative estimate of drug-likeness (QED) is 0.692. The number of nitrogens with zero attached hydrogens (tertiary/aromatic N) is 3. The van der Waals surface area contributed by atoms with E-state index in [1.807, 2.05) is 13.0 Å². The number of fused-ring (bicyclic) bond motifs is 1. The highest BCUT2D eigenvalue weighted by molar-refractivity contribution is 5.88. The molecule has 1 N–H and O–H groups in total. The third-order valence-electron chi connectivity index (χ3n) is 3.09. The van der Waals surface area contributed by atoms with Gasteiger partial charge in [0.05, 0.1) is 11.8 Å². The number of rotatable bonds is 1. The topological polar surface area (TPSA) is 67.5 Å². The van der Waals surface area contributed by atoms with E-state index >= 15 is 0 Å². The summed E-state index contributed by atoms with van der Waals surface area (Å²) < 4.78 is 1.64. The number of benzene rings is 1. The lowest BCUT2D eigenvalue weighted by atomic mass is 10.1. The van der Waals surface area contributed by atoms with Gasteiger partial charge in [-0.3, -0.25) is 0 Å². The Morgan fingerprint density at radius 2 is 2.14 bits per heavy atom. The number of aromatic carboxylic acids is 1. The number of hydrogen-bond donors (Lipinski definition) is 1. The van der Waals surface area contributed by atoms with E-state index in [0.717, 1.165) is 11.2 Å². The van der Waals surface area contributed by atoms with E-state index in [2.05, 4.69) is 21.9 Å². The normalized spacial score (nSPS) is 10.1. The number of aromatic nitrogens is 3. The lowest BCUT2D eigenvalue weighted by Crippen LogP contribution is -1.97. The predicted molar refractivity (Wildman–Crippen MR) is 77.1 cm³/mol. The molecule has 0 aliphatic carbocycles. The number of imidazole rings is 1. The minimum absolute atomic E-state index is 0.223. The smallest absolute Gasteiger partial charge is 0.335 e. The Morgan fingerprint density at radius 1 is 1.29 bits per heavy atom. The molecule has 0 saturated heterocycles. The summed E-state index contributed by atoms with van der Waals surface area (Å²) in [6.45, 7) is 1.89. The first-order chi connectivity index (χ1) is 10.1. The van der Waals surface area contributed by atoms with Crippen LogP contribution < -0.4 is 0 Å². The Morgan fingerprint density at radius 3 is 2.95 bits per heavy atom. The van der Waals surface area contributed by atoms with Crippen molar-refractivity contribution >= 4 is 11.6 Å². The van der Waals surface area contributed by atoms with Gasteiger partial charge in [0.1, 0.15) is 5.69 Å². The summed E-state index contributed by atoms with van der Waals surface area (Å²) >= 11 is 0. The fourth-order valence-electron chi connectivity index (χ4n) is 1.94. The summed E-state index contributed by atoms with van der Waals surface area (Å²) in [6.07, 6.45) is 3.31. The average molecular weight is 277 g/mol. The molecule has 0 amide bonds. The van der Waals surface area contributed by atoms with Gasteiger partial charge in [-0.15, -0.1) is 0 Å². The lowest BCUT2D eigenvalue weighted by Gasteiger charge is -1.99. The molecule has 0 aliphatic heterocycles. The van der Waals surface area contributed by atoms with Crippen molar-refractivity contribution in [3.05, 3.63) is 65.1 Å². The second-order valence-corrected chi connectivity index (χ2v) is 4.52. The molecule has 21 heavy (non-hydrogen) atoms. The standard InChI is InChI=1S/C16H11N3O2/c1-11-4-5-13(16(20)21)9-12(11)6-7-14-10-17-15-3-2-8-18-19(14)15/h2-5,8-10H,1H3,(H,20,21). The van der Waals surface area contributed by atoms with Gasteiger partial charge in [-0.25, -0.2) is 14.3 Å². The van der Waals surface area contributed by atoms with E-state index in [9.17, 15) is 4.79 Å². The van der Waals surface area contributed by atoms with Crippen molar-refractivity contribution in [1.29, 1.82) is 0 Å². The highest BCUT2D eigenvalue weighted by Gasteiger charge is 2.05. The molecule has 0 saturated carbocycles. The first-order valence-electron chi connectivity index (χ1n) is 6.30. The first-order valence-corrected chi connectivity index (χ1v) is 6.30. The van der Waals surface area contributed by atoms with Crippen LogP contribution in [-0.4, -0.2) is 25.7 Å². The summed E-state index contributed by atoms with van der Waals surface area (Å²) in [5, 5.41) is 13.2. The fourth-order valence-corrected chi connectivity index (χ4v) is 1.94. The molecular formula is C16H11N3O2. The maximum absolute atomic E-state index is 11.0. The van der Waals surface area contributed by atoms with Crippen molar-refractivity contribution in [3.63, 3.8) is 0 Å². The van der Waals surface area contributed by atoms with Crippen molar-refractivity contribution in [1.82, 2.24) is 14.6 Å². The molecule has 2 heterocycles. The van der Waals surface area contributed by atoms with Crippen LogP contribution in [0.5, 0.6) is 0 Å². The second-order valence-electron chi connectivity index (χ2n) is 4.52. The first kappa shape index (κ1) is 12.9. The van der Waals surface area contributed by atoms with Crippen molar-refractivity contribution in [3.8, 4) is 11.8 Å². The van der Waals surface area contributed by atoms with Crippen molar-refractivity contribution in [2.24, 2.45) is 0 Å². The summed E-state index contributed by atoms with van der Waals surface area (Å²) in [5.74, 6) is 5.01. The monoisotopic (exact) mass is 277 g/mol. The molecule has 5 heteroatoms. The predicted octanol–water partition coefficient (Wildman–Crippen LogP) is 2.14. The minimum Gasteiger partial charge on any atom is -0.478 e. The van der Waals surface area contributed by atoms with Crippen LogP contribution in [-0.2, 0) is 0 Å². The molecule has 2 aromatic heterocycles. The summed E-state index contributed by atoms with van der Waals surface area (Å²) in [6, 6.07) is 8.54. The van der Waals surface area contributed by atoms with Gasteiger partial charge in [0, 0.05) is 11.8 Å². The molecule has 0 radical (unpaired) electrons. The van der Waals surface area contributed by atoms with Gasteiger partial charge in [0.2, 0.25) is 0 Å². The van der Waals surface area contributed by atoms with Crippen LogP contribution in [0.4, 0.5) is 0 Å². The van der Waals surface area contributed by atoms with E-state index in [0.29, 0.717) is 11.3 Å². The van der Waals surface area contributed by atoms with Crippen molar-refractivity contribution in [2.75, 3.05) is 0 Å². The number of carbonyl (C=O) groups is 1. The Balaban J connectivity index is 2.05. The van der Waals surface area contributed by atoms with Gasteiger partial charge in [-0.1, -0.05) is 12.0 Å². The van der Waals surface area contributed by atoms with Gasteiger partial charge < -0.3 is 5.11 Å². The van der Waals surface area contributed by atoms with Crippen LogP contribution in [0, 0.1) is 18.8 Å². The Bertz CT molecular complexity index is 901. The zero-order chi connectivity index (χ0) is 14.8. The van der Waals surface area contributed by atoms with Crippen molar-refractivity contribution < 1.29 is 9.90 Å². The Kier molecular flexibility index (Phi) is 3.13. The molecule has 0 unspecified atom stereocenters. The van der Waals surface area contributed by atoms with Crippen LogP contribution in [0.2, 0.25) is 0 Å². The van der Waals surface area contributed by atoms with Crippen LogP contribution >= 0.6 is 0 Å². The van der Waals surface area contributed by atoms with E-state index in [4.69, 9.17) is 5.11 Å². The van der Waals surface area contributed by atoms with Gasteiger partial charge in [0.15, 0.2) is 5.65 Å².